The Kier molecular flexibility index (Phi) is 4.70. The van der Waals surface area contributed by atoms with E-state index in [9.17, 15) is 9.59 Å². The molecule has 0 saturated heterocycles. The van der Waals surface area contributed by atoms with Crippen molar-refractivity contribution < 1.29 is 9.59 Å². The van der Waals surface area contributed by atoms with Crippen molar-refractivity contribution >= 4 is 22.6 Å². The highest BCUT2D eigenvalue weighted by Crippen LogP contribution is 2.22. The molecule has 24 heavy (non-hydrogen) atoms. The molecule has 0 aliphatic carbocycles. The molecule has 0 fully saturated rings. The Morgan fingerprint density at radius 3 is 2.75 bits per heavy atom. The molecule has 5 heteroatoms. The Morgan fingerprint density at radius 1 is 1.17 bits per heavy atom. The molecular formula is C19H19N3O2. The summed E-state index contributed by atoms with van der Waals surface area (Å²) < 4.78 is 1.83. The number of ketones is 1. The number of benzene rings is 1. The van der Waals surface area contributed by atoms with E-state index in [0.717, 1.165) is 16.5 Å². The number of fused-ring (bicyclic) bond motifs is 1. The molecule has 0 spiro atoms. The van der Waals surface area contributed by atoms with Crippen LogP contribution >= 0.6 is 0 Å². The van der Waals surface area contributed by atoms with Crippen LogP contribution in [0.3, 0.4) is 0 Å². The summed E-state index contributed by atoms with van der Waals surface area (Å²) >= 11 is 0. The van der Waals surface area contributed by atoms with Gasteiger partial charge in [-0.1, -0.05) is 31.2 Å². The van der Waals surface area contributed by atoms with E-state index in [4.69, 9.17) is 0 Å². The number of pyridine rings is 1. The zero-order valence-electron chi connectivity index (χ0n) is 13.5. The first-order valence-electron chi connectivity index (χ1n) is 7.95. The minimum Gasteiger partial charge on any atom is -0.350 e. The lowest BCUT2D eigenvalue weighted by atomic mass is 10.1. The van der Waals surface area contributed by atoms with E-state index in [1.165, 1.54) is 0 Å². The largest absolute Gasteiger partial charge is 0.350 e. The number of nitrogens with zero attached hydrogens (tertiary/aromatic N) is 2. The Bertz CT molecular complexity index is 869. The molecule has 5 nitrogen and oxygen atoms in total. The molecule has 0 unspecified atom stereocenters. The number of hydrogen-bond acceptors (Lipinski definition) is 3. The van der Waals surface area contributed by atoms with Crippen LogP contribution in [0.2, 0.25) is 0 Å². The summed E-state index contributed by atoms with van der Waals surface area (Å²) in [6, 6.07) is 11.4. The molecule has 1 aromatic carbocycles. The van der Waals surface area contributed by atoms with Crippen molar-refractivity contribution in [2.24, 2.45) is 0 Å². The topological polar surface area (TPSA) is 64.0 Å². The van der Waals surface area contributed by atoms with Gasteiger partial charge in [0.2, 0.25) is 5.91 Å². The maximum Gasteiger partial charge on any atom is 0.240 e. The molecule has 0 bridgehead atoms. The van der Waals surface area contributed by atoms with Gasteiger partial charge in [-0.2, -0.15) is 0 Å². The lowest BCUT2D eigenvalue weighted by molar-refractivity contribution is -0.121. The molecule has 0 saturated carbocycles. The summed E-state index contributed by atoms with van der Waals surface area (Å²) in [5, 5.41) is 3.77. The highest BCUT2D eigenvalue weighted by molar-refractivity contribution is 6.08. The van der Waals surface area contributed by atoms with E-state index in [0.29, 0.717) is 18.5 Å². The van der Waals surface area contributed by atoms with Gasteiger partial charge in [-0.15, -0.1) is 0 Å². The van der Waals surface area contributed by atoms with E-state index in [1.54, 1.807) is 18.6 Å². The summed E-state index contributed by atoms with van der Waals surface area (Å²) in [7, 11) is 0. The number of para-hydroxylation sites is 1. The number of nitrogens with one attached hydrogen (secondary N) is 1. The van der Waals surface area contributed by atoms with Gasteiger partial charge >= 0.3 is 0 Å². The first kappa shape index (κ1) is 15.9. The number of Topliss-reactive ketones (excluding diaryl/α,β-unsaturated/α-hetero) is 1. The van der Waals surface area contributed by atoms with Crippen LogP contribution in [0.1, 0.15) is 29.3 Å². The molecule has 0 atom stereocenters. The molecule has 122 valence electrons. The molecule has 3 aromatic rings. The third-order valence-corrected chi connectivity index (χ3v) is 3.94. The van der Waals surface area contributed by atoms with Gasteiger partial charge in [0.05, 0.1) is 0 Å². The fourth-order valence-corrected chi connectivity index (χ4v) is 2.70. The van der Waals surface area contributed by atoms with E-state index < -0.39 is 0 Å². The van der Waals surface area contributed by atoms with E-state index in [-0.39, 0.29) is 18.2 Å². The van der Waals surface area contributed by atoms with Crippen LogP contribution in [0.25, 0.3) is 10.9 Å². The molecule has 0 aliphatic rings. The van der Waals surface area contributed by atoms with Crippen molar-refractivity contribution in [2.45, 2.75) is 26.4 Å². The maximum atomic E-state index is 12.2. The average molecular weight is 321 g/mol. The number of carbonyl (C=O) groups is 2. The number of carbonyl (C=O) groups excluding carboxylic acids is 2. The van der Waals surface area contributed by atoms with Crippen LogP contribution in [-0.4, -0.2) is 21.2 Å². The van der Waals surface area contributed by atoms with Crippen LogP contribution in [0.4, 0.5) is 0 Å². The number of hydrogen-bond donors (Lipinski definition) is 1. The zero-order chi connectivity index (χ0) is 16.9. The average Bonchev–Trinajstić information content (AvgIpc) is 2.99. The number of aromatic nitrogens is 2. The second-order valence-electron chi connectivity index (χ2n) is 5.60. The molecule has 2 aromatic heterocycles. The normalized spacial score (nSPS) is 10.7. The van der Waals surface area contributed by atoms with Crippen LogP contribution in [0, 0.1) is 0 Å². The van der Waals surface area contributed by atoms with Crippen LogP contribution in [-0.2, 0) is 17.9 Å². The summed E-state index contributed by atoms with van der Waals surface area (Å²) in [4.78, 5) is 28.4. The SMILES string of the molecule is CCC(=O)c1cn(CC(=O)NCc2cccnc2)c2ccccc12. The fraction of sp³-hybridized carbons (Fsp3) is 0.211. The Labute approximate surface area is 140 Å². The third-order valence-electron chi connectivity index (χ3n) is 3.94. The van der Waals surface area contributed by atoms with Gasteiger partial charge in [-0.3, -0.25) is 14.6 Å². The second kappa shape index (κ2) is 7.08. The minimum atomic E-state index is -0.102. The van der Waals surface area contributed by atoms with Crippen molar-refractivity contribution in [3.05, 3.63) is 66.1 Å². The maximum absolute atomic E-state index is 12.2. The fourth-order valence-electron chi connectivity index (χ4n) is 2.70. The van der Waals surface area contributed by atoms with Crippen LogP contribution in [0.15, 0.2) is 55.0 Å². The molecule has 0 aliphatic heterocycles. The monoisotopic (exact) mass is 321 g/mol. The predicted molar refractivity (Wildman–Crippen MR) is 92.6 cm³/mol. The lowest BCUT2D eigenvalue weighted by Gasteiger charge is -2.07. The third kappa shape index (κ3) is 3.35. The van der Waals surface area contributed by atoms with Crippen molar-refractivity contribution in [2.75, 3.05) is 0 Å². The first-order valence-corrected chi connectivity index (χ1v) is 7.95. The lowest BCUT2D eigenvalue weighted by Crippen LogP contribution is -2.26. The van der Waals surface area contributed by atoms with Gasteiger partial charge in [0.1, 0.15) is 6.54 Å². The van der Waals surface area contributed by atoms with Crippen molar-refractivity contribution in [3.8, 4) is 0 Å². The minimum absolute atomic E-state index is 0.0840. The zero-order valence-corrected chi connectivity index (χ0v) is 13.5. The van der Waals surface area contributed by atoms with Gasteiger partial charge in [0, 0.05) is 48.0 Å². The van der Waals surface area contributed by atoms with Gasteiger partial charge in [0.15, 0.2) is 5.78 Å². The van der Waals surface area contributed by atoms with E-state index >= 15 is 0 Å². The van der Waals surface area contributed by atoms with Crippen LogP contribution in [0.5, 0.6) is 0 Å². The molecule has 0 radical (unpaired) electrons. The predicted octanol–water partition coefficient (Wildman–Crippen LogP) is 2.95. The highest BCUT2D eigenvalue weighted by atomic mass is 16.2. The Morgan fingerprint density at radius 2 is 2.00 bits per heavy atom. The van der Waals surface area contributed by atoms with Crippen LogP contribution < -0.4 is 5.32 Å². The van der Waals surface area contributed by atoms with E-state index in [1.807, 2.05) is 47.9 Å². The molecule has 1 amide bonds. The van der Waals surface area contributed by atoms with Gasteiger partial charge in [-0.05, 0) is 17.7 Å². The summed E-state index contributed by atoms with van der Waals surface area (Å²) in [5.41, 5.74) is 2.52. The van der Waals surface area contributed by atoms with Crippen molar-refractivity contribution in [1.29, 1.82) is 0 Å². The summed E-state index contributed by atoms with van der Waals surface area (Å²) in [5.74, 6) is -0.0178. The number of rotatable bonds is 6. The van der Waals surface area contributed by atoms with Gasteiger partial charge in [-0.25, -0.2) is 0 Å². The molecular weight excluding hydrogens is 302 g/mol. The molecule has 1 N–H and O–H groups in total. The van der Waals surface area contributed by atoms with E-state index in [2.05, 4.69) is 10.3 Å². The Hall–Kier alpha value is -2.95. The molecule has 2 heterocycles. The highest BCUT2D eigenvalue weighted by Gasteiger charge is 2.14. The summed E-state index contributed by atoms with van der Waals surface area (Å²) in [6.07, 6.45) is 5.65. The van der Waals surface area contributed by atoms with Crippen molar-refractivity contribution in [1.82, 2.24) is 14.9 Å². The number of amides is 1. The van der Waals surface area contributed by atoms with Crippen molar-refractivity contribution in [3.63, 3.8) is 0 Å². The smallest absolute Gasteiger partial charge is 0.240 e. The molecule has 3 rings (SSSR count). The summed E-state index contributed by atoms with van der Waals surface area (Å²) in [6.45, 7) is 2.46. The van der Waals surface area contributed by atoms with Gasteiger partial charge in [0.25, 0.3) is 0 Å². The quantitative estimate of drug-likeness (QED) is 0.710. The van der Waals surface area contributed by atoms with Gasteiger partial charge < -0.3 is 9.88 Å². The first-order chi connectivity index (χ1) is 11.7. The second-order valence-corrected chi connectivity index (χ2v) is 5.60. The standard InChI is InChI=1S/C19H19N3O2/c1-2-18(23)16-12-22(17-8-4-3-7-15(16)17)13-19(24)21-11-14-6-5-9-20-10-14/h3-10,12H,2,11,13H2,1H3,(H,21,24). The Balaban J connectivity index is 1.77.